The Morgan fingerprint density at radius 1 is 1.41 bits per heavy atom. The molecule has 1 unspecified atom stereocenters. The minimum absolute atomic E-state index is 0.189. The molecule has 0 fully saturated rings. The van der Waals surface area contributed by atoms with Gasteiger partial charge in [-0.3, -0.25) is 0 Å². The fraction of sp³-hybridized carbons (Fsp3) is 0.538. The summed E-state index contributed by atoms with van der Waals surface area (Å²) in [4.78, 5) is 2.16. The van der Waals surface area contributed by atoms with E-state index in [1.807, 2.05) is 0 Å². The van der Waals surface area contributed by atoms with E-state index >= 15 is 0 Å². The summed E-state index contributed by atoms with van der Waals surface area (Å²) in [5.74, 6) is -0.189. The van der Waals surface area contributed by atoms with Crippen molar-refractivity contribution in [1.29, 1.82) is 0 Å². The number of nitrogens with zero attached hydrogens (tertiary/aromatic N) is 1. The fourth-order valence-corrected chi connectivity index (χ4v) is 1.90. The molecule has 0 saturated heterocycles. The van der Waals surface area contributed by atoms with Gasteiger partial charge in [-0.2, -0.15) is 0 Å². The van der Waals surface area contributed by atoms with E-state index in [1.54, 1.807) is 12.1 Å². The lowest BCUT2D eigenvalue weighted by Gasteiger charge is -2.17. The van der Waals surface area contributed by atoms with Crippen LogP contribution in [-0.4, -0.2) is 31.6 Å². The van der Waals surface area contributed by atoms with Crippen LogP contribution in [0.1, 0.15) is 18.9 Å². The lowest BCUT2D eigenvalue weighted by atomic mass is 10.2. The molecule has 0 radical (unpaired) electrons. The molecule has 0 amide bonds. The second-order valence-electron chi connectivity index (χ2n) is 4.61. The average Bonchev–Trinajstić information content (AvgIpc) is 2.27. The molecule has 1 rings (SSSR count). The van der Waals surface area contributed by atoms with E-state index in [0.717, 1.165) is 23.0 Å². The second-order valence-corrected chi connectivity index (χ2v) is 5.46. The highest BCUT2D eigenvalue weighted by atomic mass is 79.9. The molecule has 96 valence electrons. The van der Waals surface area contributed by atoms with Crippen molar-refractivity contribution >= 4 is 15.9 Å². The molecule has 1 N–H and O–H groups in total. The van der Waals surface area contributed by atoms with Crippen LogP contribution in [0.3, 0.4) is 0 Å². The SMILES string of the molecule is CC(CCN(C)C)NCc1cc(F)ccc1Br. The minimum Gasteiger partial charge on any atom is -0.310 e. The highest BCUT2D eigenvalue weighted by Gasteiger charge is 2.05. The molecule has 0 aromatic heterocycles. The van der Waals surface area contributed by atoms with Crippen molar-refractivity contribution in [3.63, 3.8) is 0 Å². The van der Waals surface area contributed by atoms with Crippen LogP contribution in [0, 0.1) is 5.82 Å². The first-order valence-electron chi connectivity index (χ1n) is 5.81. The smallest absolute Gasteiger partial charge is 0.123 e. The number of rotatable bonds is 6. The van der Waals surface area contributed by atoms with Crippen LogP contribution >= 0.6 is 15.9 Å². The van der Waals surface area contributed by atoms with Crippen LogP contribution < -0.4 is 5.32 Å². The van der Waals surface area contributed by atoms with Crippen molar-refractivity contribution in [2.75, 3.05) is 20.6 Å². The Balaban J connectivity index is 2.41. The van der Waals surface area contributed by atoms with Crippen molar-refractivity contribution in [3.8, 4) is 0 Å². The van der Waals surface area contributed by atoms with E-state index in [4.69, 9.17) is 0 Å². The third-order valence-corrected chi connectivity index (χ3v) is 3.43. The van der Waals surface area contributed by atoms with Gasteiger partial charge in [-0.05, 0) is 57.7 Å². The number of nitrogens with one attached hydrogen (secondary N) is 1. The summed E-state index contributed by atoms with van der Waals surface area (Å²) < 4.78 is 14.0. The first kappa shape index (κ1) is 14.6. The maximum Gasteiger partial charge on any atom is 0.123 e. The fourth-order valence-electron chi connectivity index (χ4n) is 1.52. The van der Waals surface area contributed by atoms with E-state index in [-0.39, 0.29) is 5.82 Å². The van der Waals surface area contributed by atoms with Gasteiger partial charge in [0.2, 0.25) is 0 Å². The largest absolute Gasteiger partial charge is 0.310 e. The van der Waals surface area contributed by atoms with Crippen molar-refractivity contribution in [3.05, 3.63) is 34.1 Å². The summed E-state index contributed by atoms with van der Waals surface area (Å²) in [6.07, 6.45) is 1.08. The molecular formula is C13H20BrFN2. The summed E-state index contributed by atoms with van der Waals surface area (Å²) in [5, 5.41) is 3.40. The molecule has 0 aliphatic carbocycles. The standard InChI is InChI=1S/C13H20BrFN2/c1-10(6-7-17(2)3)16-9-11-8-12(15)4-5-13(11)14/h4-5,8,10,16H,6-7,9H2,1-3H3. The third kappa shape index (κ3) is 5.61. The van der Waals surface area contributed by atoms with Crippen LogP contribution in [0.2, 0.25) is 0 Å². The quantitative estimate of drug-likeness (QED) is 0.869. The summed E-state index contributed by atoms with van der Waals surface area (Å²) in [7, 11) is 4.13. The summed E-state index contributed by atoms with van der Waals surface area (Å²) in [5.41, 5.74) is 0.960. The third-order valence-electron chi connectivity index (χ3n) is 2.66. The first-order chi connectivity index (χ1) is 7.99. The Labute approximate surface area is 111 Å². The van der Waals surface area contributed by atoms with Gasteiger partial charge in [0.1, 0.15) is 5.82 Å². The van der Waals surface area contributed by atoms with Gasteiger partial charge in [0.25, 0.3) is 0 Å². The molecule has 1 aromatic rings. The number of hydrogen-bond donors (Lipinski definition) is 1. The second kappa shape index (κ2) is 7.09. The Morgan fingerprint density at radius 3 is 2.76 bits per heavy atom. The van der Waals surface area contributed by atoms with Crippen LogP contribution in [0.5, 0.6) is 0 Å². The van der Waals surface area contributed by atoms with Gasteiger partial charge in [0, 0.05) is 17.1 Å². The average molecular weight is 303 g/mol. The zero-order chi connectivity index (χ0) is 12.8. The molecule has 4 heteroatoms. The highest BCUT2D eigenvalue weighted by molar-refractivity contribution is 9.10. The molecule has 0 saturated carbocycles. The Hall–Kier alpha value is -0.450. The van der Waals surface area contributed by atoms with E-state index in [9.17, 15) is 4.39 Å². The minimum atomic E-state index is -0.189. The molecule has 0 aliphatic heterocycles. The maximum atomic E-state index is 13.1. The van der Waals surface area contributed by atoms with Gasteiger partial charge in [0.05, 0.1) is 0 Å². The molecule has 17 heavy (non-hydrogen) atoms. The molecule has 1 aromatic carbocycles. The summed E-state index contributed by atoms with van der Waals surface area (Å²) >= 11 is 3.43. The number of hydrogen-bond acceptors (Lipinski definition) is 2. The van der Waals surface area contributed by atoms with E-state index < -0.39 is 0 Å². The molecule has 0 spiro atoms. The molecular weight excluding hydrogens is 283 g/mol. The van der Waals surface area contributed by atoms with Crippen molar-refractivity contribution < 1.29 is 4.39 Å². The highest BCUT2D eigenvalue weighted by Crippen LogP contribution is 2.17. The monoisotopic (exact) mass is 302 g/mol. The van der Waals surface area contributed by atoms with Crippen molar-refractivity contribution in [2.24, 2.45) is 0 Å². The zero-order valence-corrected chi connectivity index (χ0v) is 12.2. The first-order valence-corrected chi connectivity index (χ1v) is 6.60. The summed E-state index contributed by atoms with van der Waals surface area (Å²) in [6, 6.07) is 5.20. The number of halogens is 2. The van der Waals surface area contributed by atoms with Crippen LogP contribution in [0.4, 0.5) is 4.39 Å². The molecule has 0 bridgehead atoms. The predicted octanol–water partition coefficient (Wildman–Crippen LogP) is 3.02. The van der Waals surface area contributed by atoms with Crippen molar-refractivity contribution in [2.45, 2.75) is 25.9 Å². The topological polar surface area (TPSA) is 15.3 Å². The van der Waals surface area contributed by atoms with E-state index in [0.29, 0.717) is 12.6 Å². The lowest BCUT2D eigenvalue weighted by molar-refractivity contribution is 0.365. The normalized spacial score (nSPS) is 13.1. The van der Waals surface area contributed by atoms with Crippen molar-refractivity contribution in [1.82, 2.24) is 10.2 Å². The summed E-state index contributed by atoms with van der Waals surface area (Å²) in [6.45, 7) is 3.89. The van der Waals surface area contributed by atoms with Gasteiger partial charge in [-0.25, -0.2) is 4.39 Å². The van der Waals surface area contributed by atoms with Crippen LogP contribution in [0.25, 0.3) is 0 Å². The van der Waals surface area contributed by atoms with Gasteiger partial charge in [-0.1, -0.05) is 15.9 Å². The van der Waals surface area contributed by atoms with Gasteiger partial charge in [-0.15, -0.1) is 0 Å². The zero-order valence-electron chi connectivity index (χ0n) is 10.6. The molecule has 2 nitrogen and oxygen atoms in total. The van der Waals surface area contributed by atoms with Crippen LogP contribution in [0.15, 0.2) is 22.7 Å². The van der Waals surface area contributed by atoms with Gasteiger partial charge >= 0.3 is 0 Å². The van der Waals surface area contributed by atoms with Crippen LogP contribution in [-0.2, 0) is 6.54 Å². The molecule has 0 heterocycles. The lowest BCUT2D eigenvalue weighted by Crippen LogP contribution is -2.29. The Morgan fingerprint density at radius 2 is 2.12 bits per heavy atom. The van der Waals surface area contributed by atoms with E-state index in [2.05, 4.69) is 47.2 Å². The van der Waals surface area contributed by atoms with Gasteiger partial charge in [0.15, 0.2) is 0 Å². The molecule has 0 aliphatic rings. The number of benzene rings is 1. The Bertz CT molecular complexity index is 355. The Kier molecular flexibility index (Phi) is 6.09. The molecule has 1 atom stereocenters. The van der Waals surface area contributed by atoms with Gasteiger partial charge < -0.3 is 10.2 Å². The predicted molar refractivity (Wildman–Crippen MR) is 73.6 cm³/mol. The van der Waals surface area contributed by atoms with E-state index in [1.165, 1.54) is 6.07 Å². The maximum absolute atomic E-state index is 13.1.